The number of nitrogens with zero attached hydrogens (tertiary/aromatic N) is 4. The Morgan fingerprint density at radius 2 is 1.82 bits per heavy atom. The van der Waals surface area contributed by atoms with Gasteiger partial charge >= 0.3 is 0 Å². The summed E-state index contributed by atoms with van der Waals surface area (Å²) in [7, 11) is 3.26. The van der Waals surface area contributed by atoms with Crippen LogP contribution in [0.3, 0.4) is 0 Å². The number of hydrogen-bond donors (Lipinski definition) is 1. The van der Waals surface area contributed by atoms with Crippen molar-refractivity contribution in [2.45, 2.75) is 6.92 Å². The number of rotatable bonds is 5. The Bertz CT molecular complexity index is 1120. The molecule has 0 aliphatic heterocycles. The van der Waals surface area contributed by atoms with Crippen molar-refractivity contribution in [3.8, 4) is 39.1 Å². The Labute approximate surface area is 166 Å². The molecule has 0 saturated heterocycles. The van der Waals surface area contributed by atoms with Crippen LogP contribution in [0.5, 0.6) is 11.5 Å². The van der Waals surface area contributed by atoms with E-state index in [0.29, 0.717) is 22.3 Å². The van der Waals surface area contributed by atoms with Crippen LogP contribution in [0.1, 0.15) is 5.56 Å². The molecule has 28 heavy (non-hydrogen) atoms. The van der Waals surface area contributed by atoms with Gasteiger partial charge in [0.1, 0.15) is 22.2 Å². The second-order valence-electron chi connectivity index (χ2n) is 6.18. The molecule has 0 bridgehead atoms. The van der Waals surface area contributed by atoms with Gasteiger partial charge in [0.05, 0.1) is 19.9 Å². The van der Waals surface area contributed by atoms with E-state index < -0.39 is 0 Å². The average molecular weight is 393 g/mol. The predicted molar refractivity (Wildman–Crippen MR) is 110 cm³/mol. The van der Waals surface area contributed by atoms with Crippen LogP contribution in [0.25, 0.3) is 27.6 Å². The number of anilines is 1. The van der Waals surface area contributed by atoms with Gasteiger partial charge in [-0.15, -0.1) is 16.4 Å². The first-order valence-corrected chi connectivity index (χ1v) is 9.45. The summed E-state index contributed by atoms with van der Waals surface area (Å²) in [4.78, 5) is 4.68. The molecule has 0 amide bonds. The molecule has 0 spiro atoms. The van der Waals surface area contributed by atoms with Crippen molar-refractivity contribution in [3.63, 3.8) is 0 Å². The zero-order valence-electron chi connectivity index (χ0n) is 15.7. The van der Waals surface area contributed by atoms with Crippen molar-refractivity contribution in [3.05, 3.63) is 53.4 Å². The SMILES string of the molecule is COc1ccc(-c2csc(-c3nnn(-c4cc(C)ccc4OC)c3N)n2)cc1. The number of hydrogen-bond acceptors (Lipinski definition) is 7. The third-order valence-electron chi connectivity index (χ3n) is 4.36. The quantitative estimate of drug-likeness (QED) is 0.552. The van der Waals surface area contributed by atoms with Gasteiger partial charge in [-0.05, 0) is 48.9 Å². The van der Waals surface area contributed by atoms with Gasteiger partial charge in [-0.3, -0.25) is 0 Å². The summed E-state index contributed by atoms with van der Waals surface area (Å²) in [6, 6.07) is 13.6. The van der Waals surface area contributed by atoms with Crippen molar-refractivity contribution in [2.24, 2.45) is 0 Å². The van der Waals surface area contributed by atoms with E-state index in [-0.39, 0.29) is 0 Å². The summed E-state index contributed by atoms with van der Waals surface area (Å²) in [5.74, 6) is 1.89. The maximum atomic E-state index is 6.36. The number of benzene rings is 2. The molecule has 0 radical (unpaired) electrons. The van der Waals surface area contributed by atoms with Crippen molar-refractivity contribution in [2.75, 3.05) is 20.0 Å². The number of thiazole rings is 1. The molecule has 4 aromatic rings. The van der Waals surface area contributed by atoms with E-state index in [0.717, 1.165) is 28.3 Å². The summed E-state index contributed by atoms with van der Waals surface area (Å²) < 4.78 is 12.2. The van der Waals surface area contributed by atoms with E-state index in [1.54, 1.807) is 18.9 Å². The molecule has 4 rings (SSSR count). The highest BCUT2D eigenvalue weighted by Gasteiger charge is 2.19. The first-order chi connectivity index (χ1) is 13.6. The molecule has 2 N–H and O–H groups in total. The van der Waals surface area contributed by atoms with Crippen LogP contribution in [0.4, 0.5) is 5.82 Å². The molecule has 2 aromatic heterocycles. The minimum Gasteiger partial charge on any atom is -0.497 e. The number of aryl methyl sites for hydroxylation is 1. The largest absolute Gasteiger partial charge is 0.497 e. The second-order valence-corrected chi connectivity index (χ2v) is 7.03. The summed E-state index contributed by atoms with van der Waals surface area (Å²) in [6.07, 6.45) is 0. The number of aromatic nitrogens is 4. The van der Waals surface area contributed by atoms with E-state index >= 15 is 0 Å². The molecule has 7 nitrogen and oxygen atoms in total. The Hall–Kier alpha value is -3.39. The van der Waals surface area contributed by atoms with Crippen molar-refractivity contribution in [1.82, 2.24) is 20.0 Å². The number of nitrogens with two attached hydrogens (primary N) is 1. The number of methoxy groups -OCH3 is 2. The Morgan fingerprint density at radius 1 is 1.04 bits per heavy atom. The summed E-state index contributed by atoms with van der Waals surface area (Å²) in [5.41, 5.74) is 10.6. The van der Waals surface area contributed by atoms with Gasteiger partial charge in [-0.25, -0.2) is 4.98 Å². The highest BCUT2D eigenvalue weighted by Crippen LogP contribution is 2.33. The van der Waals surface area contributed by atoms with Gasteiger partial charge in [0.25, 0.3) is 0 Å². The van der Waals surface area contributed by atoms with E-state index in [1.807, 2.05) is 54.8 Å². The third-order valence-corrected chi connectivity index (χ3v) is 5.21. The van der Waals surface area contributed by atoms with Crippen LogP contribution in [-0.4, -0.2) is 34.2 Å². The zero-order valence-corrected chi connectivity index (χ0v) is 16.5. The van der Waals surface area contributed by atoms with Crippen LogP contribution in [0.15, 0.2) is 47.8 Å². The molecule has 2 heterocycles. The van der Waals surface area contributed by atoms with E-state index in [4.69, 9.17) is 15.2 Å². The Morgan fingerprint density at radius 3 is 2.54 bits per heavy atom. The van der Waals surface area contributed by atoms with Crippen LogP contribution < -0.4 is 15.2 Å². The van der Waals surface area contributed by atoms with Gasteiger partial charge in [-0.2, -0.15) is 4.68 Å². The number of ether oxygens (including phenoxy) is 2. The first-order valence-electron chi connectivity index (χ1n) is 8.57. The molecule has 0 fully saturated rings. The minimum atomic E-state index is 0.416. The first kappa shape index (κ1) is 18.0. The molecule has 0 unspecified atom stereocenters. The second kappa shape index (κ2) is 7.32. The lowest BCUT2D eigenvalue weighted by Gasteiger charge is -2.09. The van der Waals surface area contributed by atoms with Crippen molar-refractivity contribution in [1.29, 1.82) is 0 Å². The molecule has 0 atom stereocenters. The van der Waals surface area contributed by atoms with E-state index in [2.05, 4.69) is 15.3 Å². The fourth-order valence-corrected chi connectivity index (χ4v) is 3.68. The summed E-state index contributed by atoms with van der Waals surface area (Å²) in [6.45, 7) is 2.00. The van der Waals surface area contributed by atoms with Crippen molar-refractivity contribution < 1.29 is 9.47 Å². The Kier molecular flexibility index (Phi) is 4.70. The molecule has 2 aromatic carbocycles. The predicted octanol–water partition coefficient (Wildman–Crippen LogP) is 3.97. The molecule has 142 valence electrons. The molecular weight excluding hydrogens is 374 g/mol. The molecule has 8 heteroatoms. The lowest BCUT2D eigenvalue weighted by atomic mass is 10.2. The minimum absolute atomic E-state index is 0.416. The highest BCUT2D eigenvalue weighted by molar-refractivity contribution is 7.13. The summed E-state index contributed by atoms with van der Waals surface area (Å²) in [5, 5.41) is 11.2. The van der Waals surface area contributed by atoms with Crippen LogP contribution >= 0.6 is 11.3 Å². The van der Waals surface area contributed by atoms with Crippen LogP contribution in [0, 0.1) is 6.92 Å². The molecule has 0 aliphatic carbocycles. The van der Waals surface area contributed by atoms with Crippen LogP contribution in [-0.2, 0) is 0 Å². The topological polar surface area (TPSA) is 88.1 Å². The Balaban J connectivity index is 1.70. The maximum absolute atomic E-state index is 6.36. The van der Waals surface area contributed by atoms with Gasteiger partial charge in [0.15, 0.2) is 11.5 Å². The van der Waals surface area contributed by atoms with Crippen LogP contribution in [0.2, 0.25) is 0 Å². The van der Waals surface area contributed by atoms with Gasteiger partial charge in [-0.1, -0.05) is 11.3 Å². The van der Waals surface area contributed by atoms with Gasteiger partial charge in [0, 0.05) is 10.9 Å². The van der Waals surface area contributed by atoms with Gasteiger partial charge < -0.3 is 15.2 Å². The fraction of sp³-hybridized carbons (Fsp3) is 0.150. The standard InChI is InChI=1S/C20H19N5O2S/c1-12-4-9-17(27-3)16(10-12)25-19(21)18(23-24-25)20-22-15(11-28-20)13-5-7-14(26-2)8-6-13/h4-11H,21H2,1-3H3. The highest BCUT2D eigenvalue weighted by atomic mass is 32.1. The average Bonchev–Trinajstić information content (AvgIpc) is 3.34. The van der Waals surface area contributed by atoms with Gasteiger partial charge in [0.2, 0.25) is 0 Å². The lowest BCUT2D eigenvalue weighted by molar-refractivity contribution is 0.411. The smallest absolute Gasteiger partial charge is 0.165 e. The monoisotopic (exact) mass is 393 g/mol. The molecular formula is C20H19N5O2S. The third kappa shape index (κ3) is 3.18. The van der Waals surface area contributed by atoms with E-state index in [9.17, 15) is 0 Å². The zero-order chi connectivity index (χ0) is 19.7. The molecule has 0 aliphatic rings. The van der Waals surface area contributed by atoms with E-state index in [1.165, 1.54) is 11.3 Å². The lowest BCUT2D eigenvalue weighted by Crippen LogP contribution is -2.04. The maximum Gasteiger partial charge on any atom is 0.165 e. The molecule has 0 saturated carbocycles. The number of nitrogen functional groups attached to an aromatic ring is 1. The normalized spacial score (nSPS) is 10.8. The fourth-order valence-electron chi connectivity index (χ4n) is 2.86. The van der Waals surface area contributed by atoms with Crippen molar-refractivity contribution >= 4 is 17.2 Å². The summed E-state index contributed by atoms with van der Waals surface area (Å²) >= 11 is 1.47.